The summed E-state index contributed by atoms with van der Waals surface area (Å²) in [4.78, 5) is 0.556. The lowest BCUT2D eigenvalue weighted by Gasteiger charge is -2.09. The lowest BCUT2D eigenvalue weighted by atomic mass is 10.1. The fourth-order valence-corrected chi connectivity index (χ4v) is 3.09. The van der Waals surface area contributed by atoms with E-state index in [-0.39, 0.29) is 6.61 Å². The second-order valence-electron chi connectivity index (χ2n) is 4.52. The van der Waals surface area contributed by atoms with E-state index in [9.17, 15) is 4.21 Å². The van der Waals surface area contributed by atoms with Crippen LogP contribution in [0.1, 0.15) is 16.7 Å². The van der Waals surface area contributed by atoms with Gasteiger partial charge in [0.1, 0.15) is 0 Å². The van der Waals surface area contributed by atoms with E-state index in [2.05, 4.69) is 0 Å². The van der Waals surface area contributed by atoms with Gasteiger partial charge in [0.25, 0.3) is 0 Å². The normalized spacial score (nSPS) is 14.0. The number of rotatable bonds is 4. The molecule has 0 aliphatic carbocycles. The minimum absolute atomic E-state index is 0.262. The molecule has 0 saturated carbocycles. The molecule has 0 heterocycles. The van der Waals surface area contributed by atoms with Crippen molar-refractivity contribution in [3.05, 3.63) is 65.2 Å². The molecule has 0 spiro atoms. The average molecular weight is 292 g/mol. The third-order valence-corrected chi connectivity index (χ3v) is 4.92. The summed E-state index contributed by atoms with van der Waals surface area (Å²) in [6.07, 6.45) is 0. The first kappa shape index (κ1) is 14.2. The van der Waals surface area contributed by atoms with Crippen molar-refractivity contribution in [1.82, 2.24) is 0 Å². The van der Waals surface area contributed by atoms with Crippen LogP contribution in [-0.2, 0) is 30.8 Å². The molecule has 1 unspecified atom stereocenters. The maximum atomic E-state index is 12.3. The van der Waals surface area contributed by atoms with Crippen molar-refractivity contribution in [3.8, 4) is 0 Å². The van der Waals surface area contributed by atoms with Gasteiger partial charge in [-0.05, 0) is 31.5 Å². The minimum Gasteiger partial charge on any atom is -0.282 e. The Morgan fingerprint density at radius 2 is 1.74 bits per heavy atom. The van der Waals surface area contributed by atoms with Crippen LogP contribution in [0.25, 0.3) is 0 Å². The van der Waals surface area contributed by atoms with Gasteiger partial charge in [0, 0.05) is 11.2 Å². The first-order chi connectivity index (χ1) is 8.97. The Morgan fingerprint density at radius 1 is 1.05 bits per heavy atom. The van der Waals surface area contributed by atoms with Crippen molar-refractivity contribution in [2.24, 2.45) is 0 Å². The first-order valence-electron chi connectivity index (χ1n) is 5.99. The topological polar surface area (TPSA) is 26.3 Å². The van der Waals surface area contributed by atoms with Crippen LogP contribution in [0.2, 0.25) is 0 Å². The highest BCUT2D eigenvalue weighted by atomic mass is 32.8. The third-order valence-electron chi connectivity index (χ3n) is 2.77. The number of aryl methyl sites for hydroxylation is 2. The van der Waals surface area contributed by atoms with Gasteiger partial charge in [0.05, 0.1) is 11.5 Å². The van der Waals surface area contributed by atoms with E-state index in [4.69, 9.17) is 15.4 Å². The van der Waals surface area contributed by atoms with E-state index in [0.717, 1.165) is 16.7 Å². The quantitative estimate of drug-likeness (QED) is 0.862. The van der Waals surface area contributed by atoms with Gasteiger partial charge in [-0.15, -0.1) is 0 Å². The smallest absolute Gasteiger partial charge is 0.173 e. The van der Waals surface area contributed by atoms with Crippen LogP contribution in [0, 0.1) is 13.8 Å². The molecule has 100 valence electrons. The maximum absolute atomic E-state index is 12.3. The fraction of sp³-hybridized carbons (Fsp3) is 0.200. The molecule has 0 aromatic heterocycles. The van der Waals surface area contributed by atoms with E-state index in [1.807, 2.05) is 50.2 Å². The van der Waals surface area contributed by atoms with Gasteiger partial charge in [0.15, 0.2) is 8.77 Å². The van der Waals surface area contributed by atoms with Gasteiger partial charge in [0.2, 0.25) is 0 Å². The summed E-state index contributed by atoms with van der Waals surface area (Å²) in [6, 6.07) is 15.2. The van der Waals surface area contributed by atoms with Crippen molar-refractivity contribution in [3.63, 3.8) is 0 Å². The number of hydrogen-bond donors (Lipinski definition) is 0. The largest absolute Gasteiger partial charge is 0.282 e. The van der Waals surface area contributed by atoms with Gasteiger partial charge in [-0.3, -0.25) is 4.18 Å². The zero-order chi connectivity index (χ0) is 13.9. The predicted molar refractivity (Wildman–Crippen MR) is 80.9 cm³/mol. The highest BCUT2D eigenvalue weighted by Crippen LogP contribution is 2.16. The van der Waals surface area contributed by atoms with Gasteiger partial charge in [-0.1, -0.05) is 47.5 Å². The summed E-state index contributed by atoms with van der Waals surface area (Å²) in [5, 5.41) is 0. The third kappa shape index (κ3) is 3.86. The van der Waals surface area contributed by atoms with Gasteiger partial charge >= 0.3 is 0 Å². The van der Waals surface area contributed by atoms with E-state index < -0.39 is 8.77 Å². The van der Waals surface area contributed by atoms with Crippen molar-refractivity contribution in [2.75, 3.05) is 0 Å². The monoisotopic (exact) mass is 292 g/mol. The fourth-order valence-electron chi connectivity index (χ4n) is 1.72. The Kier molecular flexibility index (Phi) is 4.34. The first-order valence-corrected chi connectivity index (χ1v) is 8.40. The molecule has 0 amide bonds. The molecule has 4 heteroatoms. The highest BCUT2D eigenvalue weighted by Gasteiger charge is 2.10. The average Bonchev–Trinajstić information content (AvgIpc) is 2.37. The molecule has 0 saturated heterocycles. The zero-order valence-corrected chi connectivity index (χ0v) is 12.6. The molecule has 2 aromatic carbocycles. The summed E-state index contributed by atoms with van der Waals surface area (Å²) in [5.74, 6) is 0. The van der Waals surface area contributed by atoms with Crippen LogP contribution in [0.3, 0.4) is 0 Å². The molecule has 2 aromatic rings. The second kappa shape index (κ2) is 5.82. The molecule has 0 aliphatic heterocycles. The summed E-state index contributed by atoms with van der Waals surface area (Å²) in [6.45, 7) is 4.24. The van der Waals surface area contributed by atoms with Gasteiger partial charge < -0.3 is 0 Å². The summed E-state index contributed by atoms with van der Waals surface area (Å²) in [5.41, 5.74) is 3.23. The molecule has 0 radical (unpaired) electrons. The molecule has 1 atom stereocenters. The molecule has 0 N–H and O–H groups in total. The van der Waals surface area contributed by atoms with Crippen LogP contribution in [0.4, 0.5) is 0 Å². The van der Waals surface area contributed by atoms with Gasteiger partial charge in [-0.25, -0.2) is 4.21 Å². The summed E-state index contributed by atoms with van der Waals surface area (Å²) >= 11 is 5.09. The van der Waals surface area contributed by atoms with Crippen molar-refractivity contribution in [1.29, 1.82) is 0 Å². The summed E-state index contributed by atoms with van der Waals surface area (Å²) in [7, 11) is -2.85. The van der Waals surface area contributed by atoms with E-state index >= 15 is 0 Å². The van der Waals surface area contributed by atoms with Crippen molar-refractivity contribution >= 4 is 20.0 Å². The van der Waals surface area contributed by atoms with Crippen molar-refractivity contribution < 1.29 is 8.39 Å². The van der Waals surface area contributed by atoms with Crippen LogP contribution in [-0.4, -0.2) is 4.21 Å². The molecule has 0 aliphatic rings. The van der Waals surface area contributed by atoms with Crippen LogP contribution in [0.5, 0.6) is 0 Å². The van der Waals surface area contributed by atoms with Crippen LogP contribution < -0.4 is 0 Å². The van der Waals surface area contributed by atoms with E-state index in [1.165, 1.54) is 0 Å². The zero-order valence-electron chi connectivity index (χ0n) is 11.0. The van der Waals surface area contributed by atoms with Gasteiger partial charge in [-0.2, -0.15) is 0 Å². The molecule has 2 rings (SSSR count). The molecular weight excluding hydrogens is 276 g/mol. The Morgan fingerprint density at radius 3 is 2.37 bits per heavy atom. The SMILES string of the molecule is Cc1ccc(S(=O)(=S)OCc2cccc(C)c2)cc1. The lowest BCUT2D eigenvalue weighted by Crippen LogP contribution is -2.05. The minimum atomic E-state index is -2.85. The highest BCUT2D eigenvalue weighted by molar-refractivity contribution is 8.30. The Balaban J connectivity index is 2.12. The Hall–Kier alpha value is -1.23. The maximum Gasteiger partial charge on any atom is 0.173 e. The standard InChI is InChI=1S/C15H16O2S2/c1-12-6-8-15(9-7-12)19(16,18)17-11-14-5-3-4-13(2)10-14/h3-10H,11H2,1-2H3. The van der Waals surface area contributed by atoms with E-state index in [0.29, 0.717) is 4.90 Å². The lowest BCUT2D eigenvalue weighted by molar-refractivity contribution is 0.335. The molecule has 0 fully saturated rings. The van der Waals surface area contributed by atoms with E-state index in [1.54, 1.807) is 12.1 Å². The second-order valence-corrected chi connectivity index (χ2v) is 7.45. The molecular formula is C15H16O2S2. The number of benzene rings is 2. The molecule has 2 nitrogen and oxygen atoms in total. The van der Waals surface area contributed by atoms with Crippen LogP contribution >= 0.6 is 0 Å². The summed E-state index contributed by atoms with van der Waals surface area (Å²) < 4.78 is 17.8. The molecule has 0 bridgehead atoms. The predicted octanol–water partition coefficient (Wildman–Crippen LogP) is 3.54. The number of hydrogen-bond acceptors (Lipinski definition) is 3. The molecule has 19 heavy (non-hydrogen) atoms. The Bertz CT molecular complexity index is 659. The van der Waals surface area contributed by atoms with Crippen LogP contribution in [0.15, 0.2) is 53.4 Å². The Labute approximate surface area is 119 Å². The van der Waals surface area contributed by atoms with Crippen molar-refractivity contribution in [2.45, 2.75) is 25.3 Å².